The van der Waals surface area contributed by atoms with E-state index in [1.54, 1.807) is 0 Å². The third kappa shape index (κ3) is 3.97. The van der Waals surface area contributed by atoms with Gasteiger partial charge in [-0.25, -0.2) is 0 Å². The van der Waals surface area contributed by atoms with Crippen molar-refractivity contribution in [3.05, 3.63) is 35.0 Å². The summed E-state index contributed by atoms with van der Waals surface area (Å²) >= 11 is 6.09. The first-order valence-corrected chi connectivity index (χ1v) is 9.38. The molecule has 2 fully saturated rings. The molecule has 1 saturated carbocycles. The van der Waals surface area contributed by atoms with Crippen LogP contribution in [0.1, 0.15) is 37.7 Å². The van der Waals surface area contributed by atoms with Crippen molar-refractivity contribution in [3.8, 4) is 0 Å². The zero-order valence-corrected chi connectivity index (χ0v) is 15.8. The lowest BCUT2D eigenvalue weighted by molar-refractivity contribution is -0.122. The molecule has 3 unspecified atom stereocenters. The highest BCUT2D eigenvalue weighted by atomic mass is 35.5. The number of amides is 1. The van der Waals surface area contributed by atoms with Crippen LogP contribution in [0.2, 0.25) is 5.02 Å². The molecule has 1 aromatic carbocycles. The van der Waals surface area contributed by atoms with E-state index in [9.17, 15) is 4.79 Å². The van der Waals surface area contributed by atoms with E-state index in [0.717, 1.165) is 28.8 Å². The second-order valence-electron chi connectivity index (χ2n) is 7.15. The number of benzene rings is 1. The standard InChI is InChI=1S/C19H24ClN3O.ClH/c20-14-5-6-17-15(10-14)13(11-22-17)7-8-21-19(24)18-9-12-3-1-2-4-16(12)23-18;/h5-6,10-12,16,18,22-23H,1-4,7-9H2,(H,21,24);1H. The molecule has 1 amide bonds. The molecule has 0 radical (unpaired) electrons. The minimum Gasteiger partial charge on any atom is -0.361 e. The molecule has 3 atom stereocenters. The third-order valence-electron chi connectivity index (χ3n) is 5.60. The molecule has 3 N–H and O–H groups in total. The van der Waals surface area contributed by atoms with Gasteiger partial charge in [0.2, 0.25) is 5.91 Å². The number of aromatic amines is 1. The van der Waals surface area contributed by atoms with E-state index < -0.39 is 0 Å². The summed E-state index contributed by atoms with van der Waals surface area (Å²) in [6.07, 6.45) is 8.94. The lowest BCUT2D eigenvalue weighted by Crippen LogP contribution is -2.43. The van der Waals surface area contributed by atoms with Gasteiger partial charge in [-0.05, 0) is 55.4 Å². The lowest BCUT2D eigenvalue weighted by atomic mass is 9.85. The number of carbonyl (C=O) groups is 1. The molecule has 0 bridgehead atoms. The number of H-pyrrole nitrogens is 1. The van der Waals surface area contributed by atoms with Crippen molar-refractivity contribution in [1.29, 1.82) is 0 Å². The van der Waals surface area contributed by atoms with Crippen LogP contribution in [0.15, 0.2) is 24.4 Å². The van der Waals surface area contributed by atoms with Crippen LogP contribution in [0.3, 0.4) is 0 Å². The molecule has 4 rings (SSSR count). The highest BCUT2D eigenvalue weighted by Crippen LogP contribution is 2.33. The van der Waals surface area contributed by atoms with Crippen molar-refractivity contribution >= 4 is 40.8 Å². The van der Waals surface area contributed by atoms with E-state index in [0.29, 0.717) is 18.5 Å². The molecule has 2 aliphatic rings. The fourth-order valence-electron chi connectivity index (χ4n) is 4.32. The van der Waals surface area contributed by atoms with E-state index in [4.69, 9.17) is 11.6 Å². The maximum absolute atomic E-state index is 12.4. The molecule has 2 heterocycles. The highest BCUT2D eigenvalue weighted by molar-refractivity contribution is 6.31. The smallest absolute Gasteiger partial charge is 0.237 e. The average molecular weight is 382 g/mol. The molecule has 1 aliphatic heterocycles. The van der Waals surface area contributed by atoms with Crippen LogP contribution < -0.4 is 10.6 Å². The van der Waals surface area contributed by atoms with Crippen molar-refractivity contribution in [2.75, 3.05) is 6.54 Å². The summed E-state index contributed by atoms with van der Waals surface area (Å²) in [6, 6.07) is 6.41. The van der Waals surface area contributed by atoms with Gasteiger partial charge in [-0.2, -0.15) is 0 Å². The molecular weight excluding hydrogens is 357 g/mol. The molecule has 0 spiro atoms. The Hall–Kier alpha value is -1.23. The van der Waals surface area contributed by atoms with Gasteiger partial charge in [0.1, 0.15) is 0 Å². The second kappa shape index (κ2) is 7.98. The molecule has 136 valence electrons. The normalized spacial score (nSPS) is 25.4. The van der Waals surface area contributed by atoms with Gasteiger partial charge in [-0.15, -0.1) is 12.4 Å². The summed E-state index contributed by atoms with van der Waals surface area (Å²) in [5.74, 6) is 0.854. The number of halogens is 2. The Bertz CT molecular complexity index is 731. The summed E-state index contributed by atoms with van der Waals surface area (Å²) in [7, 11) is 0. The van der Waals surface area contributed by atoms with Crippen LogP contribution in [-0.2, 0) is 11.2 Å². The van der Waals surface area contributed by atoms with Crippen molar-refractivity contribution < 1.29 is 4.79 Å². The highest BCUT2D eigenvalue weighted by Gasteiger charge is 2.37. The van der Waals surface area contributed by atoms with Crippen LogP contribution in [0.5, 0.6) is 0 Å². The molecule has 2 aromatic rings. The first-order valence-electron chi connectivity index (χ1n) is 9.00. The van der Waals surface area contributed by atoms with Crippen LogP contribution >= 0.6 is 24.0 Å². The van der Waals surface area contributed by atoms with Crippen LogP contribution in [0.4, 0.5) is 0 Å². The topological polar surface area (TPSA) is 56.9 Å². The van der Waals surface area contributed by atoms with Crippen molar-refractivity contribution in [1.82, 2.24) is 15.6 Å². The second-order valence-corrected chi connectivity index (χ2v) is 7.59. The number of hydrogen-bond acceptors (Lipinski definition) is 2. The Morgan fingerprint density at radius 3 is 2.96 bits per heavy atom. The fourth-order valence-corrected chi connectivity index (χ4v) is 4.49. The number of hydrogen-bond donors (Lipinski definition) is 3. The summed E-state index contributed by atoms with van der Waals surface area (Å²) in [5.41, 5.74) is 2.28. The molecular formula is C19H25Cl2N3O. The SMILES string of the molecule is Cl.O=C(NCCc1c[nH]c2ccc(Cl)cc12)C1CC2CCCCC2N1. The predicted octanol–water partition coefficient (Wildman–Crippen LogP) is 3.82. The van der Waals surface area contributed by atoms with Gasteiger partial charge < -0.3 is 15.6 Å². The van der Waals surface area contributed by atoms with Crippen LogP contribution in [0.25, 0.3) is 10.9 Å². The Balaban J connectivity index is 0.00000182. The summed E-state index contributed by atoms with van der Waals surface area (Å²) in [4.78, 5) is 15.7. The van der Waals surface area contributed by atoms with Crippen molar-refractivity contribution in [2.45, 2.75) is 50.6 Å². The number of nitrogens with one attached hydrogen (secondary N) is 3. The van der Waals surface area contributed by atoms with Gasteiger partial charge in [0, 0.05) is 34.7 Å². The van der Waals surface area contributed by atoms with E-state index in [1.807, 2.05) is 24.4 Å². The van der Waals surface area contributed by atoms with Crippen molar-refractivity contribution in [3.63, 3.8) is 0 Å². The maximum atomic E-state index is 12.4. The van der Waals surface area contributed by atoms with E-state index in [-0.39, 0.29) is 24.4 Å². The molecule has 6 heteroatoms. The minimum atomic E-state index is -0.00415. The van der Waals surface area contributed by atoms with Gasteiger partial charge in [0.25, 0.3) is 0 Å². The molecule has 1 saturated heterocycles. The average Bonchev–Trinajstić information content (AvgIpc) is 3.18. The van der Waals surface area contributed by atoms with Gasteiger partial charge >= 0.3 is 0 Å². The largest absolute Gasteiger partial charge is 0.361 e. The van der Waals surface area contributed by atoms with Crippen LogP contribution in [0, 0.1) is 5.92 Å². The monoisotopic (exact) mass is 381 g/mol. The molecule has 1 aliphatic carbocycles. The Kier molecular flexibility index (Phi) is 5.92. The molecule has 1 aromatic heterocycles. The Morgan fingerprint density at radius 2 is 2.12 bits per heavy atom. The summed E-state index contributed by atoms with van der Waals surface area (Å²) < 4.78 is 0. The zero-order valence-electron chi connectivity index (χ0n) is 14.2. The maximum Gasteiger partial charge on any atom is 0.237 e. The minimum absolute atomic E-state index is 0. The lowest BCUT2D eigenvalue weighted by Gasteiger charge is -2.24. The Labute approximate surface area is 159 Å². The fraction of sp³-hybridized carbons (Fsp3) is 0.526. The van der Waals surface area contributed by atoms with Gasteiger partial charge in [-0.1, -0.05) is 24.4 Å². The number of rotatable bonds is 4. The Morgan fingerprint density at radius 1 is 1.28 bits per heavy atom. The van der Waals surface area contributed by atoms with Gasteiger partial charge in [0.05, 0.1) is 6.04 Å². The summed E-state index contributed by atoms with van der Waals surface area (Å²) in [6.45, 7) is 0.659. The molecule has 4 nitrogen and oxygen atoms in total. The van der Waals surface area contributed by atoms with Crippen LogP contribution in [-0.4, -0.2) is 29.5 Å². The first-order chi connectivity index (χ1) is 11.7. The van der Waals surface area contributed by atoms with Gasteiger partial charge in [-0.3, -0.25) is 4.79 Å². The zero-order chi connectivity index (χ0) is 16.5. The number of aromatic nitrogens is 1. The molecule has 25 heavy (non-hydrogen) atoms. The van der Waals surface area contributed by atoms with E-state index >= 15 is 0 Å². The van der Waals surface area contributed by atoms with Crippen molar-refractivity contribution in [2.24, 2.45) is 5.92 Å². The predicted molar refractivity (Wildman–Crippen MR) is 105 cm³/mol. The summed E-state index contributed by atoms with van der Waals surface area (Å²) in [5, 5.41) is 8.52. The van der Waals surface area contributed by atoms with E-state index in [2.05, 4.69) is 15.6 Å². The number of fused-ring (bicyclic) bond motifs is 2. The third-order valence-corrected chi connectivity index (χ3v) is 5.84. The first kappa shape index (κ1) is 18.6. The quantitative estimate of drug-likeness (QED) is 0.753. The number of carbonyl (C=O) groups excluding carboxylic acids is 1. The van der Waals surface area contributed by atoms with Gasteiger partial charge in [0.15, 0.2) is 0 Å². The van der Waals surface area contributed by atoms with E-state index in [1.165, 1.54) is 31.2 Å².